The summed E-state index contributed by atoms with van der Waals surface area (Å²) in [6, 6.07) is 10.9. The van der Waals surface area contributed by atoms with Crippen LogP contribution in [0.3, 0.4) is 0 Å². The number of hydrogen-bond acceptors (Lipinski definition) is 5. The van der Waals surface area contributed by atoms with Crippen LogP contribution in [-0.4, -0.2) is 36.6 Å². The molecule has 1 aromatic heterocycles. The van der Waals surface area contributed by atoms with E-state index in [0.29, 0.717) is 12.4 Å². The summed E-state index contributed by atoms with van der Waals surface area (Å²) in [4.78, 5) is 30.4. The van der Waals surface area contributed by atoms with Crippen LogP contribution in [0.25, 0.3) is 0 Å². The van der Waals surface area contributed by atoms with E-state index in [1.54, 1.807) is 24.0 Å². The molecule has 0 saturated carbocycles. The molecular formula is C18H18N2O4. The summed E-state index contributed by atoms with van der Waals surface area (Å²) >= 11 is 0. The first-order valence-corrected chi connectivity index (χ1v) is 7.70. The van der Waals surface area contributed by atoms with E-state index in [1.807, 2.05) is 24.3 Å². The maximum Gasteiger partial charge on any atom is 0.340 e. The third kappa shape index (κ3) is 3.08. The molecule has 0 aliphatic carbocycles. The number of carbonyl (C=O) groups excluding carboxylic acids is 2. The van der Waals surface area contributed by atoms with Crippen molar-refractivity contribution in [3.63, 3.8) is 0 Å². The first kappa shape index (κ1) is 16.0. The second kappa shape index (κ2) is 6.70. The smallest absolute Gasteiger partial charge is 0.340 e. The number of hydrogen-bond donors (Lipinski definition) is 0. The molecule has 6 heteroatoms. The van der Waals surface area contributed by atoms with Crippen LogP contribution in [0.1, 0.15) is 22.8 Å². The second-order valence-corrected chi connectivity index (χ2v) is 5.51. The van der Waals surface area contributed by atoms with Crippen molar-refractivity contribution in [1.82, 2.24) is 4.98 Å². The normalized spacial score (nSPS) is 14.0. The molecule has 0 unspecified atom stereocenters. The predicted octanol–water partition coefficient (Wildman–Crippen LogP) is 2.22. The number of benzene rings is 1. The van der Waals surface area contributed by atoms with Crippen LogP contribution in [0.4, 0.5) is 5.69 Å². The number of methoxy groups -OCH3 is 1. The van der Waals surface area contributed by atoms with E-state index in [9.17, 15) is 9.59 Å². The summed E-state index contributed by atoms with van der Waals surface area (Å²) < 4.78 is 10.2. The number of carbonyl (C=O) groups is 2. The number of pyridine rings is 1. The summed E-state index contributed by atoms with van der Waals surface area (Å²) in [5.41, 5.74) is 2.29. The van der Waals surface area contributed by atoms with Gasteiger partial charge >= 0.3 is 5.97 Å². The highest BCUT2D eigenvalue weighted by molar-refractivity contribution is 6.00. The van der Waals surface area contributed by atoms with Gasteiger partial charge in [0.05, 0.1) is 12.7 Å². The van der Waals surface area contributed by atoms with E-state index >= 15 is 0 Å². The lowest BCUT2D eigenvalue weighted by Gasteiger charge is -2.21. The van der Waals surface area contributed by atoms with Gasteiger partial charge in [0, 0.05) is 24.5 Å². The number of rotatable bonds is 4. The van der Waals surface area contributed by atoms with E-state index in [1.165, 1.54) is 13.3 Å². The number of esters is 1. The van der Waals surface area contributed by atoms with Gasteiger partial charge in [-0.2, -0.15) is 0 Å². The maximum atomic E-state index is 12.6. The van der Waals surface area contributed by atoms with Crippen molar-refractivity contribution in [1.29, 1.82) is 0 Å². The van der Waals surface area contributed by atoms with Crippen LogP contribution in [-0.2, 0) is 16.0 Å². The van der Waals surface area contributed by atoms with Crippen molar-refractivity contribution < 1.29 is 19.1 Å². The number of ether oxygens (including phenoxy) is 2. The van der Waals surface area contributed by atoms with Gasteiger partial charge in [-0.3, -0.25) is 4.79 Å². The lowest BCUT2D eigenvalue weighted by Crippen LogP contribution is -2.39. The summed E-state index contributed by atoms with van der Waals surface area (Å²) in [7, 11) is 1.49. The standard InChI is InChI=1S/C18H18N2O4/c1-12(24-18(22)14-7-8-16(23-2)19-11-14)17(21)20-10-9-13-5-3-4-6-15(13)20/h3-8,11-12H,9-10H2,1-2H3/t12-/m0/s1. The highest BCUT2D eigenvalue weighted by atomic mass is 16.5. The van der Waals surface area contributed by atoms with Gasteiger partial charge in [-0.25, -0.2) is 9.78 Å². The van der Waals surface area contributed by atoms with Gasteiger partial charge in [-0.1, -0.05) is 18.2 Å². The van der Waals surface area contributed by atoms with Crippen molar-refractivity contribution in [2.24, 2.45) is 0 Å². The van der Waals surface area contributed by atoms with Crippen molar-refractivity contribution in [2.45, 2.75) is 19.4 Å². The minimum atomic E-state index is -0.870. The van der Waals surface area contributed by atoms with Gasteiger partial charge in [0.2, 0.25) is 5.88 Å². The molecule has 2 heterocycles. The van der Waals surface area contributed by atoms with Crippen LogP contribution >= 0.6 is 0 Å². The third-order valence-electron chi connectivity index (χ3n) is 3.97. The van der Waals surface area contributed by atoms with E-state index in [-0.39, 0.29) is 11.5 Å². The van der Waals surface area contributed by atoms with Crippen molar-refractivity contribution in [2.75, 3.05) is 18.6 Å². The van der Waals surface area contributed by atoms with E-state index in [0.717, 1.165) is 17.7 Å². The molecule has 1 aliphatic heterocycles. The Bertz CT molecular complexity index is 758. The Balaban J connectivity index is 1.67. The zero-order chi connectivity index (χ0) is 17.1. The second-order valence-electron chi connectivity index (χ2n) is 5.51. The minimum absolute atomic E-state index is 0.227. The lowest BCUT2D eigenvalue weighted by molar-refractivity contribution is -0.126. The Hall–Kier alpha value is -2.89. The fourth-order valence-electron chi connectivity index (χ4n) is 2.69. The largest absolute Gasteiger partial charge is 0.481 e. The van der Waals surface area contributed by atoms with Gasteiger partial charge in [-0.05, 0) is 31.0 Å². The van der Waals surface area contributed by atoms with Crippen molar-refractivity contribution >= 4 is 17.6 Å². The van der Waals surface area contributed by atoms with Gasteiger partial charge in [-0.15, -0.1) is 0 Å². The zero-order valence-electron chi connectivity index (χ0n) is 13.6. The summed E-state index contributed by atoms with van der Waals surface area (Å²) in [5.74, 6) is -0.405. The van der Waals surface area contributed by atoms with Gasteiger partial charge < -0.3 is 14.4 Å². The van der Waals surface area contributed by atoms with Crippen molar-refractivity contribution in [3.8, 4) is 5.88 Å². The molecule has 1 atom stereocenters. The minimum Gasteiger partial charge on any atom is -0.481 e. The number of aromatic nitrogens is 1. The number of para-hydroxylation sites is 1. The first-order chi connectivity index (χ1) is 11.6. The molecule has 3 rings (SSSR count). The molecule has 0 spiro atoms. The van der Waals surface area contributed by atoms with E-state index in [2.05, 4.69) is 4.98 Å². The average molecular weight is 326 g/mol. The van der Waals surface area contributed by atoms with Crippen LogP contribution < -0.4 is 9.64 Å². The lowest BCUT2D eigenvalue weighted by atomic mass is 10.2. The molecule has 0 saturated heterocycles. The molecule has 0 radical (unpaired) electrons. The molecule has 6 nitrogen and oxygen atoms in total. The number of anilines is 1. The fourth-order valence-corrected chi connectivity index (χ4v) is 2.69. The SMILES string of the molecule is COc1ccc(C(=O)O[C@@H](C)C(=O)N2CCc3ccccc32)cn1. The molecule has 0 fully saturated rings. The van der Waals surface area contributed by atoms with Gasteiger partial charge in [0.25, 0.3) is 5.91 Å². The van der Waals surface area contributed by atoms with E-state index in [4.69, 9.17) is 9.47 Å². The molecule has 1 amide bonds. The molecule has 0 bridgehead atoms. The summed E-state index contributed by atoms with van der Waals surface area (Å²) in [5, 5.41) is 0. The number of amides is 1. The molecule has 2 aromatic rings. The van der Waals surface area contributed by atoms with E-state index < -0.39 is 12.1 Å². The predicted molar refractivity (Wildman–Crippen MR) is 88.2 cm³/mol. The van der Waals surface area contributed by atoms with Crippen LogP contribution in [0.2, 0.25) is 0 Å². The monoisotopic (exact) mass is 326 g/mol. The summed E-state index contributed by atoms with van der Waals surface area (Å²) in [6.07, 6.45) is 1.31. The highest BCUT2D eigenvalue weighted by Gasteiger charge is 2.29. The Labute approximate surface area is 140 Å². The zero-order valence-corrected chi connectivity index (χ0v) is 13.6. The maximum absolute atomic E-state index is 12.6. The topological polar surface area (TPSA) is 68.7 Å². The first-order valence-electron chi connectivity index (χ1n) is 7.70. The van der Waals surface area contributed by atoms with Crippen LogP contribution in [0.5, 0.6) is 5.88 Å². The molecular weight excluding hydrogens is 308 g/mol. The van der Waals surface area contributed by atoms with Crippen molar-refractivity contribution in [3.05, 3.63) is 53.7 Å². The Morgan fingerprint density at radius 3 is 2.71 bits per heavy atom. The molecule has 1 aromatic carbocycles. The number of nitrogens with zero attached hydrogens (tertiary/aromatic N) is 2. The molecule has 1 aliphatic rings. The highest BCUT2D eigenvalue weighted by Crippen LogP contribution is 2.28. The third-order valence-corrected chi connectivity index (χ3v) is 3.97. The summed E-state index contributed by atoms with van der Waals surface area (Å²) in [6.45, 7) is 2.18. The van der Waals surface area contributed by atoms with Gasteiger partial charge in [0.1, 0.15) is 0 Å². The Morgan fingerprint density at radius 1 is 1.21 bits per heavy atom. The van der Waals surface area contributed by atoms with Crippen LogP contribution in [0.15, 0.2) is 42.6 Å². The molecule has 0 N–H and O–H groups in total. The van der Waals surface area contributed by atoms with Crippen LogP contribution in [0, 0.1) is 0 Å². The average Bonchev–Trinajstić information content (AvgIpc) is 3.05. The molecule has 24 heavy (non-hydrogen) atoms. The Morgan fingerprint density at radius 2 is 2.00 bits per heavy atom. The van der Waals surface area contributed by atoms with Gasteiger partial charge in [0.15, 0.2) is 6.10 Å². The Kier molecular flexibility index (Phi) is 4.46. The molecule has 124 valence electrons. The fraction of sp³-hybridized carbons (Fsp3) is 0.278. The quantitative estimate of drug-likeness (QED) is 0.806. The number of fused-ring (bicyclic) bond motifs is 1.